The van der Waals surface area contributed by atoms with Crippen molar-refractivity contribution in [2.45, 2.75) is 91.0 Å². The van der Waals surface area contributed by atoms with Gasteiger partial charge in [0.1, 0.15) is 5.75 Å². The van der Waals surface area contributed by atoms with Crippen LogP contribution < -0.4 is 10.1 Å². The topological polar surface area (TPSA) is 64.6 Å². The predicted molar refractivity (Wildman–Crippen MR) is 117 cm³/mol. The van der Waals surface area contributed by atoms with Crippen molar-refractivity contribution in [2.75, 3.05) is 13.2 Å². The molecule has 29 heavy (non-hydrogen) atoms. The second-order valence-electron chi connectivity index (χ2n) is 7.91. The van der Waals surface area contributed by atoms with Crippen LogP contribution >= 0.6 is 0 Å². The summed E-state index contributed by atoms with van der Waals surface area (Å²) in [7, 11) is 0. The molecule has 0 fully saturated rings. The Morgan fingerprint density at radius 2 is 1.62 bits per heavy atom. The van der Waals surface area contributed by atoms with Crippen molar-refractivity contribution in [3.05, 3.63) is 29.8 Å². The molecule has 0 saturated carbocycles. The highest BCUT2D eigenvalue weighted by Gasteiger charge is 2.31. The Bertz CT molecular complexity index is 617. The van der Waals surface area contributed by atoms with Crippen LogP contribution in [0, 0.1) is 0 Å². The van der Waals surface area contributed by atoms with Gasteiger partial charge in [-0.15, -0.1) is 0 Å². The van der Waals surface area contributed by atoms with Crippen LogP contribution in [0.4, 0.5) is 0 Å². The average Bonchev–Trinajstić information content (AvgIpc) is 2.67. The van der Waals surface area contributed by atoms with Gasteiger partial charge in [0.05, 0.1) is 25.2 Å². The molecule has 5 heteroatoms. The first kappa shape index (κ1) is 25.0. The maximum Gasteiger partial charge on any atom is 0.308 e. The second kappa shape index (κ2) is 14.0. The van der Waals surface area contributed by atoms with Gasteiger partial charge in [-0.05, 0) is 37.5 Å². The van der Waals surface area contributed by atoms with Crippen LogP contribution in [0.2, 0.25) is 0 Å². The molecule has 1 N–H and O–H groups in total. The SMILES string of the molecule is CCCCCCCOc1cccc(C(C)(CC(=O)OCCCCC)NC(C)=O)c1. The highest BCUT2D eigenvalue weighted by atomic mass is 16.5. The molecule has 0 radical (unpaired) electrons. The number of benzene rings is 1. The van der Waals surface area contributed by atoms with Gasteiger partial charge in [-0.3, -0.25) is 9.59 Å². The van der Waals surface area contributed by atoms with E-state index in [0.717, 1.165) is 37.0 Å². The van der Waals surface area contributed by atoms with Crippen molar-refractivity contribution in [3.8, 4) is 5.75 Å². The molecule has 1 rings (SSSR count). The van der Waals surface area contributed by atoms with Crippen molar-refractivity contribution in [2.24, 2.45) is 0 Å². The molecule has 1 atom stereocenters. The molecule has 0 bridgehead atoms. The molecule has 164 valence electrons. The molecule has 0 spiro atoms. The lowest BCUT2D eigenvalue weighted by Gasteiger charge is -2.30. The summed E-state index contributed by atoms with van der Waals surface area (Å²) in [5.41, 5.74) is -0.00422. The molecule has 0 saturated heterocycles. The number of unbranched alkanes of at least 4 members (excludes halogenated alkanes) is 6. The number of carbonyl (C=O) groups excluding carboxylic acids is 2. The van der Waals surface area contributed by atoms with Crippen molar-refractivity contribution in [3.63, 3.8) is 0 Å². The van der Waals surface area contributed by atoms with Crippen LogP contribution in [-0.4, -0.2) is 25.1 Å². The third-order valence-corrected chi connectivity index (χ3v) is 4.95. The lowest BCUT2D eigenvalue weighted by molar-refractivity contribution is -0.145. The molecule has 0 aliphatic rings. The minimum atomic E-state index is -0.839. The predicted octanol–water partition coefficient (Wildman–Crippen LogP) is 5.51. The third-order valence-electron chi connectivity index (χ3n) is 4.95. The van der Waals surface area contributed by atoms with Gasteiger partial charge in [0.2, 0.25) is 5.91 Å². The first-order valence-electron chi connectivity index (χ1n) is 11.1. The van der Waals surface area contributed by atoms with E-state index in [1.807, 2.05) is 31.2 Å². The molecule has 1 unspecified atom stereocenters. The number of hydrogen-bond acceptors (Lipinski definition) is 4. The van der Waals surface area contributed by atoms with E-state index in [-0.39, 0.29) is 18.3 Å². The highest BCUT2D eigenvalue weighted by molar-refractivity contribution is 5.77. The smallest absolute Gasteiger partial charge is 0.308 e. The molecule has 0 aromatic heterocycles. The third kappa shape index (κ3) is 10.3. The molecular weight excluding hydrogens is 366 g/mol. The Labute approximate surface area is 176 Å². The minimum absolute atomic E-state index is 0.0825. The summed E-state index contributed by atoms with van der Waals surface area (Å²) in [4.78, 5) is 24.2. The van der Waals surface area contributed by atoms with E-state index in [0.29, 0.717) is 13.2 Å². The number of rotatable bonds is 15. The standard InChI is InChI=1S/C24H39NO4/c1-5-7-9-10-12-16-28-22-15-13-14-21(18-22)24(4,25-20(3)26)19-23(27)29-17-11-8-6-2/h13-15,18H,5-12,16-17,19H2,1-4H3,(H,25,26). The fourth-order valence-corrected chi connectivity index (χ4v) is 3.31. The number of amides is 1. The average molecular weight is 406 g/mol. The second-order valence-corrected chi connectivity index (χ2v) is 7.91. The summed E-state index contributed by atoms with van der Waals surface area (Å²) < 4.78 is 11.3. The number of ether oxygens (including phenoxy) is 2. The van der Waals surface area contributed by atoms with Crippen molar-refractivity contribution in [1.82, 2.24) is 5.32 Å². The van der Waals surface area contributed by atoms with Gasteiger partial charge in [-0.2, -0.15) is 0 Å². The Hall–Kier alpha value is -2.04. The van der Waals surface area contributed by atoms with Crippen molar-refractivity contribution in [1.29, 1.82) is 0 Å². The zero-order valence-electron chi connectivity index (χ0n) is 18.7. The largest absolute Gasteiger partial charge is 0.494 e. The number of esters is 1. The van der Waals surface area contributed by atoms with E-state index in [2.05, 4.69) is 19.2 Å². The van der Waals surface area contributed by atoms with E-state index >= 15 is 0 Å². The maximum absolute atomic E-state index is 12.4. The van der Waals surface area contributed by atoms with E-state index in [4.69, 9.17) is 9.47 Å². The molecular formula is C24H39NO4. The van der Waals surface area contributed by atoms with E-state index in [1.165, 1.54) is 32.6 Å². The summed E-state index contributed by atoms with van der Waals surface area (Å²) in [6.07, 6.45) is 8.98. The summed E-state index contributed by atoms with van der Waals surface area (Å²) in [6.45, 7) is 8.71. The lowest BCUT2D eigenvalue weighted by atomic mass is 9.88. The normalized spacial score (nSPS) is 12.8. The van der Waals surface area contributed by atoms with Gasteiger partial charge in [0, 0.05) is 6.92 Å². The highest BCUT2D eigenvalue weighted by Crippen LogP contribution is 2.28. The van der Waals surface area contributed by atoms with Crippen LogP contribution in [0.15, 0.2) is 24.3 Å². The summed E-state index contributed by atoms with van der Waals surface area (Å²) >= 11 is 0. The molecule has 5 nitrogen and oxygen atoms in total. The molecule has 1 amide bonds. The molecule has 0 heterocycles. The zero-order chi connectivity index (χ0) is 21.5. The van der Waals surface area contributed by atoms with Gasteiger partial charge >= 0.3 is 5.97 Å². The molecule has 0 aliphatic carbocycles. The molecule has 1 aromatic rings. The summed E-state index contributed by atoms with van der Waals surface area (Å²) in [5.74, 6) is 0.263. The van der Waals surface area contributed by atoms with Crippen LogP contribution in [-0.2, 0) is 19.9 Å². The lowest BCUT2D eigenvalue weighted by Crippen LogP contribution is -2.44. The Balaban J connectivity index is 2.73. The summed E-state index contributed by atoms with van der Waals surface area (Å²) in [5, 5.41) is 2.93. The number of hydrogen-bond donors (Lipinski definition) is 1. The first-order chi connectivity index (χ1) is 13.9. The van der Waals surface area contributed by atoms with Gasteiger partial charge in [0.25, 0.3) is 0 Å². The zero-order valence-corrected chi connectivity index (χ0v) is 18.7. The van der Waals surface area contributed by atoms with E-state index in [1.54, 1.807) is 0 Å². The van der Waals surface area contributed by atoms with Crippen molar-refractivity contribution < 1.29 is 19.1 Å². The minimum Gasteiger partial charge on any atom is -0.494 e. The maximum atomic E-state index is 12.4. The van der Waals surface area contributed by atoms with Gasteiger partial charge in [-0.1, -0.05) is 64.5 Å². The van der Waals surface area contributed by atoms with E-state index in [9.17, 15) is 9.59 Å². The quantitative estimate of drug-likeness (QED) is 0.309. The van der Waals surface area contributed by atoms with Crippen LogP contribution in [0.1, 0.15) is 91.0 Å². The van der Waals surface area contributed by atoms with Crippen LogP contribution in [0.3, 0.4) is 0 Å². The van der Waals surface area contributed by atoms with Crippen LogP contribution in [0.5, 0.6) is 5.75 Å². The number of carbonyl (C=O) groups is 2. The molecule has 0 aliphatic heterocycles. The fourth-order valence-electron chi connectivity index (χ4n) is 3.31. The monoisotopic (exact) mass is 405 g/mol. The molecule has 1 aromatic carbocycles. The van der Waals surface area contributed by atoms with Gasteiger partial charge in [0.15, 0.2) is 0 Å². The fraction of sp³-hybridized carbons (Fsp3) is 0.667. The van der Waals surface area contributed by atoms with Crippen molar-refractivity contribution >= 4 is 11.9 Å². The Kier molecular flexibility index (Phi) is 12.1. The first-order valence-corrected chi connectivity index (χ1v) is 11.1. The number of nitrogens with one attached hydrogen (secondary N) is 1. The van der Waals surface area contributed by atoms with E-state index < -0.39 is 5.54 Å². The van der Waals surface area contributed by atoms with Crippen LogP contribution in [0.25, 0.3) is 0 Å². The summed E-state index contributed by atoms with van der Waals surface area (Å²) in [6, 6.07) is 7.63. The van der Waals surface area contributed by atoms with Gasteiger partial charge < -0.3 is 14.8 Å². The van der Waals surface area contributed by atoms with Gasteiger partial charge in [-0.25, -0.2) is 0 Å². The Morgan fingerprint density at radius 3 is 2.31 bits per heavy atom. The Morgan fingerprint density at radius 1 is 0.966 bits per heavy atom.